The van der Waals surface area contributed by atoms with Gasteiger partial charge in [0.2, 0.25) is 0 Å². The fraction of sp³-hybridized carbons (Fsp3) is 0.444. The van der Waals surface area contributed by atoms with Gasteiger partial charge < -0.3 is 19.8 Å². The number of rotatable bonds is 1. The molecule has 0 heterocycles. The number of carbonyl (C=O) groups is 3. The first-order valence-electron chi connectivity index (χ1n) is 3.99. The minimum Gasteiger partial charge on any atom is -0.577 e. The van der Waals surface area contributed by atoms with Crippen molar-refractivity contribution in [3.8, 4) is 0 Å². The van der Waals surface area contributed by atoms with Gasteiger partial charge in [0.05, 0.1) is 5.57 Å². The van der Waals surface area contributed by atoms with Crippen LogP contribution in [0, 0.1) is 5.92 Å². The maximum Gasteiger partial charge on any atom is 1.00 e. The first-order valence-corrected chi connectivity index (χ1v) is 3.99. The topological polar surface area (TPSA) is 74.3 Å². The van der Waals surface area contributed by atoms with E-state index < -0.39 is 23.5 Å². The second-order valence-corrected chi connectivity index (χ2v) is 2.97. The van der Waals surface area contributed by atoms with Gasteiger partial charge in [-0.1, -0.05) is 6.08 Å². The van der Waals surface area contributed by atoms with Crippen molar-refractivity contribution >= 4 is 27.4 Å². The van der Waals surface area contributed by atoms with Gasteiger partial charge in [-0.05, 0) is 6.92 Å². The van der Waals surface area contributed by atoms with Crippen molar-refractivity contribution in [1.82, 2.24) is 0 Å². The zero-order valence-electron chi connectivity index (χ0n) is 8.78. The van der Waals surface area contributed by atoms with Gasteiger partial charge in [0.25, 0.3) is 0 Å². The van der Waals surface area contributed by atoms with Crippen LogP contribution in [-0.2, 0) is 14.4 Å². The van der Waals surface area contributed by atoms with E-state index >= 15 is 0 Å². The van der Waals surface area contributed by atoms with E-state index in [0.717, 1.165) is 0 Å². The van der Waals surface area contributed by atoms with Crippen LogP contribution in [0.15, 0.2) is 11.6 Å². The molecule has 0 saturated heterocycles. The van der Waals surface area contributed by atoms with Crippen molar-refractivity contribution in [3.63, 3.8) is 0 Å². The smallest absolute Gasteiger partial charge is 0.577 e. The summed E-state index contributed by atoms with van der Waals surface area (Å²) in [7, 11) is 0. The molecule has 0 aliphatic heterocycles. The standard InChI is InChI=1S/C9H10O4.Li.H2P/c1-2-6-7(10)3-5(9(12)13)4-8(6)11;;/h2,5H,3-4H2,1H3,(H,12,13);;1H2/q;+1;-1/p-1. The molecule has 0 unspecified atom stereocenters. The summed E-state index contributed by atoms with van der Waals surface area (Å²) in [6.07, 6.45) is 1.19. The zero-order chi connectivity index (χ0) is 10.0. The largest absolute Gasteiger partial charge is 1.00 e. The molecule has 1 saturated carbocycles. The summed E-state index contributed by atoms with van der Waals surface area (Å²) >= 11 is 0. The molecule has 0 N–H and O–H groups in total. The van der Waals surface area contributed by atoms with E-state index in [0.29, 0.717) is 0 Å². The predicted octanol–water partition coefficient (Wildman–Crippen LogP) is -3.44. The Morgan fingerprint density at radius 3 is 2.00 bits per heavy atom. The summed E-state index contributed by atoms with van der Waals surface area (Å²) in [6, 6.07) is 0. The molecule has 0 aromatic carbocycles. The minimum absolute atomic E-state index is 0. The Bertz CT molecular complexity index is 291. The van der Waals surface area contributed by atoms with Crippen LogP contribution in [-0.4, -0.2) is 17.5 Å². The number of allylic oxidation sites excluding steroid dienone is 2. The van der Waals surface area contributed by atoms with Crippen molar-refractivity contribution in [2.75, 3.05) is 0 Å². The van der Waals surface area contributed by atoms with E-state index in [9.17, 15) is 19.5 Å². The van der Waals surface area contributed by atoms with Gasteiger partial charge in [0.15, 0.2) is 11.6 Å². The first kappa shape index (κ1) is 17.0. The Morgan fingerprint density at radius 1 is 1.33 bits per heavy atom. The first-order chi connectivity index (χ1) is 6.06. The fourth-order valence-corrected chi connectivity index (χ4v) is 1.38. The Hall–Kier alpha value is -0.423. The van der Waals surface area contributed by atoms with Gasteiger partial charge in [-0.25, -0.2) is 0 Å². The number of aliphatic carboxylic acids is 1. The molecule has 78 valence electrons. The van der Waals surface area contributed by atoms with Crippen molar-refractivity contribution in [2.24, 2.45) is 5.92 Å². The van der Waals surface area contributed by atoms with Gasteiger partial charge >= 0.3 is 18.9 Å². The average Bonchev–Trinajstić information content (AvgIpc) is 2.03. The minimum atomic E-state index is -1.32. The fourth-order valence-electron chi connectivity index (χ4n) is 1.38. The number of carboxylic acids is 1. The number of hydrogen-bond donors (Lipinski definition) is 0. The summed E-state index contributed by atoms with van der Waals surface area (Å²) < 4.78 is 0. The summed E-state index contributed by atoms with van der Waals surface area (Å²) in [5.74, 6) is -3.05. The SMILES string of the molecule is CC=C1C(=O)CC(C(=O)[O-])CC1=O.[Li+].[PH2-]. The Balaban J connectivity index is 0. The van der Waals surface area contributed by atoms with Gasteiger partial charge in [-0.2, -0.15) is 0 Å². The van der Waals surface area contributed by atoms with Crippen LogP contribution in [0.4, 0.5) is 0 Å². The van der Waals surface area contributed by atoms with Crippen LogP contribution in [0.2, 0.25) is 0 Å². The van der Waals surface area contributed by atoms with Crippen LogP contribution in [0.5, 0.6) is 0 Å². The molecule has 0 aromatic rings. The molecule has 6 heteroatoms. The third-order valence-electron chi connectivity index (χ3n) is 2.09. The number of carboxylic acid groups (broad SMARTS) is 1. The van der Waals surface area contributed by atoms with E-state index in [1.807, 2.05) is 0 Å². The normalized spacial score (nSPS) is 20.1. The van der Waals surface area contributed by atoms with Crippen molar-refractivity contribution in [2.45, 2.75) is 19.8 Å². The molecule has 0 aromatic heterocycles. The van der Waals surface area contributed by atoms with Crippen molar-refractivity contribution < 1.29 is 38.4 Å². The van der Waals surface area contributed by atoms with Crippen LogP contribution in [0.25, 0.3) is 0 Å². The summed E-state index contributed by atoms with van der Waals surface area (Å²) in [4.78, 5) is 32.7. The molecule has 1 aliphatic rings. The Labute approximate surface area is 103 Å². The van der Waals surface area contributed by atoms with Crippen LogP contribution >= 0.6 is 9.90 Å². The number of hydrogen-bond acceptors (Lipinski definition) is 4. The predicted molar refractivity (Wildman–Crippen MR) is 51.2 cm³/mol. The van der Waals surface area contributed by atoms with Gasteiger partial charge in [0.1, 0.15) is 0 Å². The zero-order valence-corrected chi connectivity index (χ0v) is 9.93. The molecule has 0 spiro atoms. The third-order valence-corrected chi connectivity index (χ3v) is 2.09. The molecule has 4 nitrogen and oxygen atoms in total. The molecule has 0 radical (unpaired) electrons. The molecule has 1 fully saturated rings. The third kappa shape index (κ3) is 3.91. The average molecular weight is 221 g/mol. The molecule has 15 heavy (non-hydrogen) atoms. The number of ketones is 2. The summed E-state index contributed by atoms with van der Waals surface area (Å²) in [5, 5.41) is 10.4. The van der Waals surface area contributed by atoms with Crippen molar-refractivity contribution in [3.05, 3.63) is 11.6 Å². The summed E-state index contributed by atoms with van der Waals surface area (Å²) in [6.45, 7) is 1.59. The van der Waals surface area contributed by atoms with Gasteiger partial charge in [0, 0.05) is 24.7 Å². The molecule has 0 bridgehead atoms. The maximum absolute atomic E-state index is 11.2. The van der Waals surface area contributed by atoms with E-state index in [1.165, 1.54) is 6.08 Å². The van der Waals surface area contributed by atoms with Crippen molar-refractivity contribution in [1.29, 1.82) is 0 Å². The van der Waals surface area contributed by atoms with Gasteiger partial charge in [-0.3, -0.25) is 9.59 Å². The second-order valence-electron chi connectivity index (χ2n) is 2.97. The van der Waals surface area contributed by atoms with E-state index in [1.54, 1.807) is 6.92 Å². The van der Waals surface area contributed by atoms with Gasteiger partial charge in [-0.15, -0.1) is 0 Å². The molecule has 1 aliphatic carbocycles. The molecule has 0 amide bonds. The van der Waals surface area contributed by atoms with E-state index in [-0.39, 0.29) is 47.2 Å². The number of carbonyl (C=O) groups excluding carboxylic acids is 3. The monoisotopic (exact) mass is 221 g/mol. The van der Waals surface area contributed by atoms with Crippen LogP contribution in [0.3, 0.4) is 0 Å². The van der Waals surface area contributed by atoms with E-state index in [2.05, 4.69) is 0 Å². The molecular weight excluding hydrogens is 210 g/mol. The molecule has 0 atom stereocenters. The molecular formula is C9H11LiO4P-. The Morgan fingerprint density at radius 2 is 1.73 bits per heavy atom. The van der Waals surface area contributed by atoms with E-state index in [4.69, 9.17) is 0 Å². The maximum atomic E-state index is 11.2. The van der Waals surface area contributed by atoms with Crippen LogP contribution < -0.4 is 24.0 Å². The second kappa shape index (κ2) is 6.95. The Kier molecular flexibility index (Phi) is 7.87. The summed E-state index contributed by atoms with van der Waals surface area (Å²) in [5.41, 5.74) is 0.123. The number of Topliss-reactive ketones (excluding diaryl/α,β-unsaturated/α-hetero) is 2. The quantitative estimate of drug-likeness (QED) is 0.200. The molecule has 1 rings (SSSR count). The van der Waals surface area contributed by atoms with Crippen LogP contribution in [0.1, 0.15) is 19.8 Å².